The van der Waals surface area contributed by atoms with E-state index in [0.29, 0.717) is 55.7 Å². The average Bonchev–Trinajstić information content (AvgIpc) is 3.36. The van der Waals surface area contributed by atoms with Gasteiger partial charge in [-0.25, -0.2) is 4.79 Å². The molecule has 3 amide bonds. The maximum atomic E-state index is 13.0. The fourth-order valence-electron chi connectivity index (χ4n) is 4.47. The number of para-hydroxylation sites is 1. The quantitative estimate of drug-likeness (QED) is 0.730. The fourth-order valence-corrected chi connectivity index (χ4v) is 4.47. The molecule has 8 heteroatoms. The molecule has 0 saturated carbocycles. The molecule has 1 unspecified atom stereocenters. The minimum absolute atomic E-state index is 0.0534. The normalized spacial score (nSPS) is 18.2. The molecular weight excluding hydrogens is 420 g/mol. The molecule has 4 rings (SSSR count). The average molecular weight is 453 g/mol. The molecule has 2 aliphatic rings. The Kier molecular flexibility index (Phi) is 7.22. The Morgan fingerprint density at radius 2 is 1.67 bits per heavy atom. The first-order valence-corrected chi connectivity index (χ1v) is 11.4. The first-order valence-electron chi connectivity index (χ1n) is 11.4. The summed E-state index contributed by atoms with van der Waals surface area (Å²) in [6.07, 6.45) is 1.07. The third-order valence-corrected chi connectivity index (χ3v) is 6.44. The number of hydrogen-bond donors (Lipinski definition) is 1. The standard InChI is InChI=1S/C25H32N4O4/c1-32-21-8-9-22(23(16-21)33-2)24(30)27-12-14-28(15-13-27)25(31)26-17-19-10-11-29(18-19)20-6-4-3-5-7-20/h3-9,16,19H,10-15,17-18H2,1-2H3,(H,26,31). The van der Waals surface area contributed by atoms with Gasteiger partial charge in [-0.15, -0.1) is 0 Å². The summed E-state index contributed by atoms with van der Waals surface area (Å²) in [6.45, 7) is 4.65. The predicted octanol–water partition coefficient (Wildman–Crippen LogP) is 2.70. The highest BCUT2D eigenvalue weighted by molar-refractivity contribution is 5.97. The van der Waals surface area contributed by atoms with Crippen molar-refractivity contribution in [2.24, 2.45) is 5.92 Å². The topological polar surface area (TPSA) is 74.4 Å². The molecule has 8 nitrogen and oxygen atoms in total. The van der Waals surface area contributed by atoms with Crippen LogP contribution in [0.4, 0.5) is 10.5 Å². The summed E-state index contributed by atoms with van der Waals surface area (Å²) in [5, 5.41) is 3.10. The lowest BCUT2D eigenvalue weighted by Crippen LogP contribution is -2.53. The van der Waals surface area contributed by atoms with Gasteiger partial charge in [0.15, 0.2) is 0 Å². The number of ether oxygens (including phenoxy) is 2. The molecule has 0 aromatic heterocycles. The van der Waals surface area contributed by atoms with Crippen molar-refractivity contribution in [3.05, 3.63) is 54.1 Å². The van der Waals surface area contributed by atoms with E-state index in [0.717, 1.165) is 19.5 Å². The van der Waals surface area contributed by atoms with Gasteiger partial charge in [-0.3, -0.25) is 4.79 Å². The molecule has 2 aromatic carbocycles. The van der Waals surface area contributed by atoms with Crippen LogP contribution in [0.3, 0.4) is 0 Å². The van der Waals surface area contributed by atoms with Gasteiger partial charge in [-0.05, 0) is 36.6 Å². The highest BCUT2D eigenvalue weighted by Crippen LogP contribution is 2.26. The van der Waals surface area contributed by atoms with Crippen molar-refractivity contribution < 1.29 is 19.1 Å². The van der Waals surface area contributed by atoms with Crippen molar-refractivity contribution in [3.63, 3.8) is 0 Å². The van der Waals surface area contributed by atoms with Gasteiger partial charge in [-0.1, -0.05) is 18.2 Å². The highest BCUT2D eigenvalue weighted by Gasteiger charge is 2.28. The summed E-state index contributed by atoms with van der Waals surface area (Å²) >= 11 is 0. The predicted molar refractivity (Wildman–Crippen MR) is 127 cm³/mol. The van der Waals surface area contributed by atoms with E-state index in [2.05, 4.69) is 34.5 Å². The fraction of sp³-hybridized carbons (Fsp3) is 0.440. The van der Waals surface area contributed by atoms with Crippen LogP contribution in [0.25, 0.3) is 0 Å². The van der Waals surface area contributed by atoms with Crippen molar-refractivity contribution in [2.75, 3.05) is 64.9 Å². The minimum Gasteiger partial charge on any atom is -0.497 e. The molecule has 2 saturated heterocycles. The van der Waals surface area contributed by atoms with E-state index in [1.165, 1.54) is 12.8 Å². The zero-order valence-corrected chi connectivity index (χ0v) is 19.3. The third-order valence-electron chi connectivity index (χ3n) is 6.44. The molecule has 0 bridgehead atoms. The second kappa shape index (κ2) is 10.5. The number of anilines is 1. The Hall–Kier alpha value is -3.42. The molecule has 1 atom stereocenters. The van der Waals surface area contributed by atoms with Gasteiger partial charge in [0.25, 0.3) is 5.91 Å². The lowest BCUT2D eigenvalue weighted by molar-refractivity contribution is 0.0661. The van der Waals surface area contributed by atoms with Crippen molar-refractivity contribution in [2.45, 2.75) is 6.42 Å². The minimum atomic E-state index is -0.0958. The van der Waals surface area contributed by atoms with E-state index in [4.69, 9.17) is 9.47 Å². The van der Waals surface area contributed by atoms with Gasteiger partial charge in [0.1, 0.15) is 11.5 Å². The largest absolute Gasteiger partial charge is 0.497 e. The molecule has 2 fully saturated rings. The number of carbonyl (C=O) groups excluding carboxylic acids is 2. The number of amides is 3. The summed E-state index contributed by atoms with van der Waals surface area (Å²) in [4.78, 5) is 31.6. The van der Waals surface area contributed by atoms with E-state index >= 15 is 0 Å². The number of hydrogen-bond acceptors (Lipinski definition) is 5. The molecule has 1 N–H and O–H groups in total. The third kappa shape index (κ3) is 5.32. The maximum Gasteiger partial charge on any atom is 0.317 e. The van der Waals surface area contributed by atoms with Crippen molar-refractivity contribution >= 4 is 17.6 Å². The van der Waals surface area contributed by atoms with E-state index in [9.17, 15) is 9.59 Å². The van der Waals surface area contributed by atoms with Crippen molar-refractivity contribution in [1.29, 1.82) is 0 Å². The van der Waals surface area contributed by atoms with Crippen molar-refractivity contribution in [3.8, 4) is 11.5 Å². The number of urea groups is 1. The van der Waals surface area contributed by atoms with Gasteiger partial charge >= 0.3 is 6.03 Å². The molecular formula is C25H32N4O4. The summed E-state index contributed by atoms with van der Waals surface area (Å²) < 4.78 is 10.6. The van der Waals surface area contributed by atoms with Crippen LogP contribution in [0.2, 0.25) is 0 Å². The first kappa shape index (κ1) is 22.8. The van der Waals surface area contributed by atoms with E-state index in [1.54, 1.807) is 35.1 Å². The van der Waals surface area contributed by atoms with Crippen LogP contribution in [0, 0.1) is 5.92 Å². The van der Waals surface area contributed by atoms with Gasteiger partial charge < -0.3 is 29.5 Å². The number of carbonyl (C=O) groups is 2. The summed E-state index contributed by atoms with van der Waals surface area (Å²) in [6, 6.07) is 15.5. The lowest BCUT2D eigenvalue weighted by Gasteiger charge is -2.35. The zero-order valence-electron chi connectivity index (χ0n) is 19.3. The summed E-state index contributed by atoms with van der Waals surface area (Å²) in [5.41, 5.74) is 1.74. The smallest absolute Gasteiger partial charge is 0.317 e. The van der Waals surface area contributed by atoms with Crippen LogP contribution in [-0.4, -0.2) is 81.8 Å². The van der Waals surface area contributed by atoms with Crippen LogP contribution in [0.1, 0.15) is 16.8 Å². The first-order chi connectivity index (χ1) is 16.1. The SMILES string of the molecule is COc1ccc(C(=O)N2CCN(C(=O)NCC3CCN(c4ccccc4)C3)CC2)c(OC)c1. The van der Waals surface area contributed by atoms with E-state index < -0.39 is 0 Å². The Morgan fingerprint density at radius 3 is 2.36 bits per heavy atom. The maximum absolute atomic E-state index is 13.0. The van der Waals surface area contributed by atoms with Crippen molar-refractivity contribution in [1.82, 2.24) is 15.1 Å². The Bertz CT molecular complexity index is 960. The van der Waals surface area contributed by atoms with Gasteiger partial charge in [0.05, 0.1) is 19.8 Å². The monoisotopic (exact) mass is 452 g/mol. The number of piperazine rings is 1. The van der Waals surface area contributed by atoms with Crippen LogP contribution in [-0.2, 0) is 0 Å². The molecule has 2 aliphatic heterocycles. The molecule has 0 spiro atoms. The second-order valence-corrected chi connectivity index (χ2v) is 8.47. The molecule has 0 aliphatic carbocycles. The van der Waals surface area contributed by atoms with E-state index in [1.807, 2.05) is 6.07 Å². The van der Waals surface area contributed by atoms with Gasteiger partial charge in [-0.2, -0.15) is 0 Å². The number of benzene rings is 2. The van der Waals surface area contributed by atoms with Crippen LogP contribution in [0.5, 0.6) is 11.5 Å². The van der Waals surface area contributed by atoms with Gasteiger partial charge in [0, 0.05) is 57.6 Å². The molecule has 0 radical (unpaired) electrons. The molecule has 176 valence electrons. The van der Waals surface area contributed by atoms with Crippen LogP contribution < -0.4 is 19.7 Å². The molecule has 33 heavy (non-hydrogen) atoms. The van der Waals surface area contributed by atoms with Crippen LogP contribution >= 0.6 is 0 Å². The summed E-state index contributed by atoms with van der Waals surface area (Å²) in [7, 11) is 3.11. The molecule has 2 heterocycles. The Labute approximate surface area is 195 Å². The molecule has 2 aromatic rings. The number of nitrogens with one attached hydrogen (secondary N) is 1. The highest BCUT2D eigenvalue weighted by atomic mass is 16.5. The van der Waals surface area contributed by atoms with Crippen LogP contribution in [0.15, 0.2) is 48.5 Å². The zero-order chi connectivity index (χ0) is 23.2. The van der Waals surface area contributed by atoms with E-state index in [-0.39, 0.29) is 11.9 Å². The Morgan fingerprint density at radius 1 is 0.939 bits per heavy atom. The number of nitrogens with zero attached hydrogens (tertiary/aromatic N) is 3. The number of rotatable bonds is 6. The van der Waals surface area contributed by atoms with Gasteiger partial charge in [0.2, 0.25) is 0 Å². The second-order valence-electron chi connectivity index (χ2n) is 8.47. The lowest BCUT2D eigenvalue weighted by atomic mass is 10.1. The summed E-state index contributed by atoms with van der Waals surface area (Å²) in [5.74, 6) is 1.47. The number of methoxy groups -OCH3 is 2. The Balaban J connectivity index is 1.24.